The smallest absolute Gasteiger partial charge is 0.220 e. The predicted molar refractivity (Wildman–Crippen MR) is 90.5 cm³/mol. The third kappa shape index (κ3) is 6.18. The number of amides is 1. The number of halogens is 1. The number of hydrogen-bond donors (Lipinski definition) is 1. The van der Waals surface area contributed by atoms with Crippen LogP contribution in [0.25, 0.3) is 0 Å². The Kier molecular flexibility index (Phi) is 7.24. The first-order valence-corrected chi connectivity index (χ1v) is 9.01. The van der Waals surface area contributed by atoms with Crippen LogP contribution in [-0.4, -0.2) is 35.3 Å². The molecule has 2 rings (SSSR count). The fraction of sp³-hybridized carbons (Fsp3) is 0.588. The van der Waals surface area contributed by atoms with E-state index in [0.29, 0.717) is 12.5 Å². The number of alkyl halides is 1. The number of nitrogens with zero attached hydrogens (tertiary/aromatic N) is 1. The first kappa shape index (κ1) is 16.5. The van der Waals surface area contributed by atoms with Gasteiger partial charge in [-0.25, -0.2) is 0 Å². The van der Waals surface area contributed by atoms with Crippen molar-refractivity contribution in [2.24, 2.45) is 0 Å². The van der Waals surface area contributed by atoms with E-state index in [1.54, 1.807) is 0 Å². The van der Waals surface area contributed by atoms with Crippen LogP contribution >= 0.6 is 15.9 Å². The third-order valence-corrected chi connectivity index (χ3v) is 4.55. The van der Waals surface area contributed by atoms with E-state index in [1.165, 1.54) is 5.56 Å². The molecule has 1 amide bonds. The Labute approximate surface area is 136 Å². The zero-order chi connectivity index (χ0) is 14.9. The molecule has 1 fully saturated rings. The Morgan fingerprint density at radius 2 is 1.90 bits per heavy atom. The number of carbonyl (C=O) groups is 1. The Balaban J connectivity index is 1.65. The summed E-state index contributed by atoms with van der Waals surface area (Å²) < 4.78 is 0. The standard InChI is InChI=1S/C17H25BrN2O/c18-11-5-4-8-17(21)19-16-9-12-20(13-10-16)14-15-6-2-1-3-7-15/h1-3,6-7,16H,4-5,8-14H2,(H,19,21). The lowest BCUT2D eigenvalue weighted by Gasteiger charge is -2.32. The van der Waals surface area contributed by atoms with Gasteiger partial charge in [-0.1, -0.05) is 46.3 Å². The fourth-order valence-electron chi connectivity index (χ4n) is 2.76. The zero-order valence-electron chi connectivity index (χ0n) is 12.6. The van der Waals surface area contributed by atoms with Crippen LogP contribution in [0.3, 0.4) is 0 Å². The van der Waals surface area contributed by atoms with Gasteiger partial charge in [0.15, 0.2) is 0 Å². The average Bonchev–Trinajstić information content (AvgIpc) is 2.51. The van der Waals surface area contributed by atoms with Gasteiger partial charge in [0.25, 0.3) is 0 Å². The molecule has 3 nitrogen and oxygen atoms in total. The number of unbranched alkanes of at least 4 members (excludes halogenated alkanes) is 1. The fourth-order valence-corrected chi connectivity index (χ4v) is 3.15. The first-order chi connectivity index (χ1) is 10.3. The van der Waals surface area contributed by atoms with Gasteiger partial charge in [0.2, 0.25) is 5.91 Å². The highest BCUT2D eigenvalue weighted by atomic mass is 79.9. The summed E-state index contributed by atoms with van der Waals surface area (Å²) in [6.45, 7) is 3.16. The van der Waals surface area contributed by atoms with Crippen molar-refractivity contribution in [1.82, 2.24) is 10.2 Å². The Morgan fingerprint density at radius 1 is 1.19 bits per heavy atom. The summed E-state index contributed by atoms with van der Waals surface area (Å²) in [6.07, 6.45) is 4.84. The highest BCUT2D eigenvalue weighted by molar-refractivity contribution is 9.09. The quantitative estimate of drug-likeness (QED) is 0.602. The van der Waals surface area contributed by atoms with Gasteiger partial charge in [0.1, 0.15) is 0 Å². The van der Waals surface area contributed by atoms with Crippen LogP contribution in [0.5, 0.6) is 0 Å². The molecule has 1 aromatic rings. The van der Waals surface area contributed by atoms with Crippen LogP contribution in [0.4, 0.5) is 0 Å². The lowest BCUT2D eigenvalue weighted by atomic mass is 10.0. The van der Waals surface area contributed by atoms with E-state index >= 15 is 0 Å². The summed E-state index contributed by atoms with van der Waals surface area (Å²) >= 11 is 3.39. The summed E-state index contributed by atoms with van der Waals surface area (Å²) in [4.78, 5) is 14.3. The van der Waals surface area contributed by atoms with Crippen LogP contribution in [0.15, 0.2) is 30.3 Å². The Morgan fingerprint density at radius 3 is 2.57 bits per heavy atom. The molecule has 0 atom stereocenters. The molecular weight excluding hydrogens is 328 g/mol. The number of benzene rings is 1. The minimum absolute atomic E-state index is 0.220. The minimum Gasteiger partial charge on any atom is -0.353 e. The van der Waals surface area contributed by atoms with Crippen molar-refractivity contribution < 1.29 is 4.79 Å². The molecule has 4 heteroatoms. The number of nitrogens with one attached hydrogen (secondary N) is 1. The molecule has 1 N–H and O–H groups in total. The van der Waals surface area contributed by atoms with E-state index in [2.05, 4.69) is 56.5 Å². The van der Waals surface area contributed by atoms with E-state index in [-0.39, 0.29) is 5.91 Å². The molecule has 1 aliphatic heterocycles. The van der Waals surface area contributed by atoms with Crippen molar-refractivity contribution in [3.63, 3.8) is 0 Å². The van der Waals surface area contributed by atoms with Crippen LogP contribution < -0.4 is 5.32 Å². The molecule has 0 aromatic heterocycles. The van der Waals surface area contributed by atoms with Gasteiger partial charge in [-0.3, -0.25) is 9.69 Å². The maximum atomic E-state index is 11.8. The summed E-state index contributed by atoms with van der Waals surface area (Å²) in [5.41, 5.74) is 1.37. The normalized spacial score (nSPS) is 16.8. The maximum absolute atomic E-state index is 11.8. The molecule has 1 aliphatic rings. The van der Waals surface area contributed by atoms with Gasteiger partial charge in [-0.05, 0) is 31.2 Å². The maximum Gasteiger partial charge on any atom is 0.220 e. The van der Waals surface area contributed by atoms with E-state index in [0.717, 1.165) is 50.6 Å². The highest BCUT2D eigenvalue weighted by Gasteiger charge is 2.20. The molecule has 21 heavy (non-hydrogen) atoms. The largest absolute Gasteiger partial charge is 0.353 e. The van der Waals surface area contributed by atoms with Crippen molar-refractivity contribution in [2.75, 3.05) is 18.4 Å². The SMILES string of the molecule is O=C(CCCCBr)NC1CCN(Cc2ccccc2)CC1. The molecule has 0 spiro atoms. The van der Waals surface area contributed by atoms with Crippen LogP contribution in [-0.2, 0) is 11.3 Å². The minimum atomic E-state index is 0.220. The number of hydrogen-bond acceptors (Lipinski definition) is 2. The predicted octanol–water partition coefficient (Wildman–Crippen LogP) is 3.33. The van der Waals surface area contributed by atoms with Crippen molar-refractivity contribution in [3.8, 4) is 0 Å². The molecule has 0 unspecified atom stereocenters. The lowest BCUT2D eigenvalue weighted by molar-refractivity contribution is -0.122. The van der Waals surface area contributed by atoms with Crippen molar-refractivity contribution in [1.29, 1.82) is 0 Å². The van der Waals surface area contributed by atoms with E-state index in [9.17, 15) is 4.79 Å². The number of carbonyl (C=O) groups excluding carboxylic acids is 1. The Hall–Kier alpha value is -0.870. The van der Waals surface area contributed by atoms with Crippen molar-refractivity contribution >= 4 is 21.8 Å². The third-order valence-electron chi connectivity index (χ3n) is 3.99. The first-order valence-electron chi connectivity index (χ1n) is 7.89. The summed E-state index contributed by atoms with van der Waals surface area (Å²) in [5, 5.41) is 4.17. The van der Waals surface area contributed by atoms with Gasteiger partial charge in [0.05, 0.1) is 0 Å². The topological polar surface area (TPSA) is 32.3 Å². The van der Waals surface area contributed by atoms with Gasteiger partial charge >= 0.3 is 0 Å². The molecule has 1 heterocycles. The van der Waals surface area contributed by atoms with Gasteiger partial charge < -0.3 is 5.32 Å². The monoisotopic (exact) mass is 352 g/mol. The number of likely N-dealkylation sites (tertiary alicyclic amines) is 1. The van der Waals surface area contributed by atoms with Gasteiger partial charge in [0, 0.05) is 37.4 Å². The van der Waals surface area contributed by atoms with E-state index in [1.807, 2.05) is 0 Å². The second-order valence-electron chi connectivity index (χ2n) is 5.75. The van der Waals surface area contributed by atoms with Crippen molar-refractivity contribution in [2.45, 2.75) is 44.7 Å². The average molecular weight is 353 g/mol. The second-order valence-corrected chi connectivity index (χ2v) is 6.54. The van der Waals surface area contributed by atoms with E-state index in [4.69, 9.17) is 0 Å². The number of piperidine rings is 1. The van der Waals surface area contributed by atoms with Gasteiger partial charge in [-0.15, -0.1) is 0 Å². The molecule has 1 aromatic carbocycles. The van der Waals surface area contributed by atoms with Crippen LogP contribution in [0.1, 0.15) is 37.7 Å². The number of rotatable bonds is 7. The zero-order valence-corrected chi connectivity index (χ0v) is 14.1. The molecular formula is C17H25BrN2O. The molecule has 116 valence electrons. The molecule has 0 radical (unpaired) electrons. The molecule has 0 bridgehead atoms. The van der Waals surface area contributed by atoms with E-state index < -0.39 is 0 Å². The second kappa shape index (κ2) is 9.21. The van der Waals surface area contributed by atoms with Crippen molar-refractivity contribution in [3.05, 3.63) is 35.9 Å². The lowest BCUT2D eigenvalue weighted by Crippen LogP contribution is -2.44. The van der Waals surface area contributed by atoms with Gasteiger partial charge in [-0.2, -0.15) is 0 Å². The molecule has 0 aliphatic carbocycles. The molecule has 1 saturated heterocycles. The van der Waals surface area contributed by atoms with Crippen LogP contribution in [0, 0.1) is 0 Å². The highest BCUT2D eigenvalue weighted by Crippen LogP contribution is 2.14. The Bertz CT molecular complexity index is 416. The van der Waals surface area contributed by atoms with Crippen LogP contribution in [0.2, 0.25) is 0 Å². The summed E-state index contributed by atoms with van der Waals surface area (Å²) in [6, 6.07) is 11.0. The summed E-state index contributed by atoms with van der Waals surface area (Å²) in [5.74, 6) is 0.220. The summed E-state index contributed by atoms with van der Waals surface area (Å²) in [7, 11) is 0. The molecule has 0 saturated carbocycles.